The fourth-order valence-electron chi connectivity index (χ4n) is 2.64. The van der Waals surface area contributed by atoms with Crippen LogP contribution in [0.1, 0.15) is 0 Å². The van der Waals surface area contributed by atoms with Crippen LogP contribution in [0.4, 0.5) is 11.9 Å². The Morgan fingerprint density at radius 2 is 1.33 bits per heavy atom. The van der Waals surface area contributed by atoms with Gasteiger partial charge in [-0.25, -0.2) is 9.97 Å². The second-order valence-electron chi connectivity index (χ2n) is 6.34. The molecule has 2 aliphatic heterocycles. The van der Waals surface area contributed by atoms with Crippen LogP contribution in [-0.4, -0.2) is 77.6 Å². The maximum Gasteiger partial charge on any atom is 0.339 e. The lowest BCUT2D eigenvalue weighted by molar-refractivity contribution is 0.122. The number of nitrogens with one attached hydrogen (secondary N) is 1. The third kappa shape index (κ3) is 11.8. The number of rotatable bonds is 2. The smallest absolute Gasteiger partial charge is 0.339 e. The van der Waals surface area contributed by atoms with Gasteiger partial charge in [0.1, 0.15) is 10.3 Å². The molecular weight excluding hydrogens is 564 g/mol. The highest BCUT2D eigenvalue weighted by atomic mass is 36.0. The molecule has 2 fully saturated rings. The Hall–Kier alpha value is -1.04. The molecular formula is C16H20Cl5N6O5P. The van der Waals surface area contributed by atoms with Crippen LogP contribution in [0.2, 0.25) is 10.3 Å². The van der Waals surface area contributed by atoms with Gasteiger partial charge in [-0.3, -0.25) is 14.3 Å². The number of aromatic amines is 1. The zero-order chi connectivity index (χ0) is 24.4. The molecule has 33 heavy (non-hydrogen) atoms. The number of ether oxygens (including phenoxy) is 2. The summed E-state index contributed by atoms with van der Waals surface area (Å²) in [5.41, 5.74) is -0.348. The van der Waals surface area contributed by atoms with Gasteiger partial charge in [-0.15, -0.1) is 0 Å². The Morgan fingerprint density at radius 1 is 0.879 bits per heavy atom. The third-order valence-electron chi connectivity index (χ3n) is 3.97. The fraction of sp³-hybridized carbons (Fsp3) is 0.500. The van der Waals surface area contributed by atoms with E-state index >= 15 is 0 Å². The maximum atomic E-state index is 11.0. The molecule has 0 atom stereocenters. The highest BCUT2D eigenvalue weighted by molar-refractivity contribution is 8.24. The van der Waals surface area contributed by atoms with Crippen molar-refractivity contribution in [3.05, 3.63) is 32.8 Å². The van der Waals surface area contributed by atoms with Crippen molar-refractivity contribution in [2.75, 3.05) is 62.4 Å². The van der Waals surface area contributed by atoms with E-state index in [-0.39, 0.29) is 11.4 Å². The van der Waals surface area contributed by atoms with Gasteiger partial charge in [0, 0.05) is 32.2 Å². The number of H-pyrrole nitrogens is 1. The molecule has 4 heterocycles. The second kappa shape index (κ2) is 13.7. The van der Waals surface area contributed by atoms with Crippen molar-refractivity contribution in [3.8, 4) is 5.88 Å². The van der Waals surface area contributed by atoms with E-state index < -0.39 is 5.20 Å². The topological polar surface area (TPSA) is 134 Å². The number of aromatic nitrogens is 4. The molecule has 0 saturated carbocycles. The maximum absolute atomic E-state index is 11.0. The standard InChI is InChI=1S/C8H9Cl2N3O.C8H11N3O3.Cl3OP/c9-6-5-7(10)12-8(11-6)13-1-3-14-4-2-13;12-6-5-7(13)10-8(9-6)11-1-3-14-4-2-11;1-5(2,3)4/h5H,1-4H2;5H,1-4H2,(H2,9,10,12,13);. The van der Waals surface area contributed by atoms with E-state index in [1.165, 1.54) is 6.07 Å². The molecule has 17 heteroatoms. The van der Waals surface area contributed by atoms with Gasteiger partial charge in [-0.2, -0.15) is 4.98 Å². The SMILES string of the molecule is Clc1cc(Cl)nc(N2CCOCC2)n1.O=P(Cl)(Cl)Cl.O=c1cc(O)nc(N2CCOCC2)[nH]1. The number of morpholine rings is 2. The molecule has 0 aliphatic carbocycles. The summed E-state index contributed by atoms with van der Waals surface area (Å²) in [6.45, 7) is 5.49. The summed E-state index contributed by atoms with van der Waals surface area (Å²) in [5.74, 6) is 0.722. The number of aromatic hydroxyl groups is 1. The number of anilines is 2. The molecule has 2 aliphatic rings. The van der Waals surface area contributed by atoms with Gasteiger partial charge in [-0.05, 0) is 33.7 Å². The number of halogens is 5. The molecule has 0 radical (unpaired) electrons. The minimum atomic E-state index is -3.22. The lowest BCUT2D eigenvalue weighted by Crippen LogP contribution is -2.38. The van der Waals surface area contributed by atoms with Gasteiger partial charge >= 0.3 is 5.20 Å². The van der Waals surface area contributed by atoms with Gasteiger partial charge in [0.05, 0.1) is 32.5 Å². The summed E-state index contributed by atoms with van der Waals surface area (Å²) < 4.78 is 19.9. The fourth-order valence-corrected chi connectivity index (χ4v) is 3.05. The van der Waals surface area contributed by atoms with Crippen LogP contribution in [0.25, 0.3) is 0 Å². The van der Waals surface area contributed by atoms with Crippen molar-refractivity contribution in [2.24, 2.45) is 0 Å². The first-order valence-electron chi connectivity index (χ1n) is 9.36. The second-order valence-corrected chi connectivity index (χ2v) is 13.8. The molecule has 4 rings (SSSR count). The van der Waals surface area contributed by atoms with Crippen molar-refractivity contribution in [3.63, 3.8) is 0 Å². The van der Waals surface area contributed by atoms with E-state index in [2.05, 4.69) is 53.7 Å². The molecule has 2 aromatic rings. The summed E-state index contributed by atoms with van der Waals surface area (Å²) in [7, 11) is 0. The highest BCUT2D eigenvalue weighted by Gasteiger charge is 2.15. The zero-order valence-electron chi connectivity index (χ0n) is 17.0. The predicted octanol–water partition coefficient (Wildman–Crippen LogP) is 3.74. The van der Waals surface area contributed by atoms with Gasteiger partial charge in [-0.1, -0.05) is 23.2 Å². The lowest BCUT2D eigenvalue weighted by Gasteiger charge is -2.26. The van der Waals surface area contributed by atoms with Crippen molar-refractivity contribution in [1.82, 2.24) is 19.9 Å². The first-order chi connectivity index (χ1) is 15.5. The van der Waals surface area contributed by atoms with Crippen LogP contribution >= 0.6 is 62.1 Å². The average Bonchev–Trinajstić information content (AvgIpc) is 2.73. The van der Waals surface area contributed by atoms with E-state index in [9.17, 15) is 9.36 Å². The molecule has 2 saturated heterocycles. The summed E-state index contributed by atoms with van der Waals surface area (Å²) in [4.78, 5) is 29.5. The Kier molecular flexibility index (Phi) is 11.7. The Labute approximate surface area is 213 Å². The van der Waals surface area contributed by atoms with E-state index in [0.717, 1.165) is 19.2 Å². The number of hydrogen-bond acceptors (Lipinski definition) is 10. The summed E-state index contributed by atoms with van der Waals surface area (Å²) in [5, 5.41) is 6.65. The van der Waals surface area contributed by atoms with Crippen LogP contribution in [0.15, 0.2) is 16.9 Å². The van der Waals surface area contributed by atoms with Crippen molar-refractivity contribution < 1.29 is 19.1 Å². The van der Waals surface area contributed by atoms with E-state index in [1.54, 1.807) is 0 Å². The molecule has 2 aromatic heterocycles. The third-order valence-corrected chi connectivity index (χ3v) is 4.36. The molecule has 0 aromatic carbocycles. The Bertz CT molecular complexity index is 971. The van der Waals surface area contributed by atoms with Crippen molar-refractivity contribution in [1.29, 1.82) is 0 Å². The minimum Gasteiger partial charge on any atom is -0.493 e. The lowest BCUT2D eigenvalue weighted by atomic mass is 10.4. The molecule has 184 valence electrons. The quantitative estimate of drug-likeness (QED) is 0.397. The molecule has 0 amide bonds. The largest absolute Gasteiger partial charge is 0.493 e. The predicted molar refractivity (Wildman–Crippen MR) is 130 cm³/mol. The van der Waals surface area contributed by atoms with Crippen LogP contribution in [0, 0.1) is 0 Å². The Morgan fingerprint density at radius 3 is 1.79 bits per heavy atom. The van der Waals surface area contributed by atoms with Crippen LogP contribution in [-0.2, 0) is 14.0 Å². The highest BCUT2D eigenvalue weighted by Crippen LogP contribution is 2.61. The summed E-state index contributed by atoms with van der Waals surface area (Å²) >= 11 is 25.4. The van der Waals surface area contributed by atoms with Gasteiger partial charge in [0.2, 0.25) is 17.8 Å². The molecule has 0 unspecified atom stereocenters. The van der Waals surface area contributed by atoms with E-state index in [4.69, 9.17) is 37.8 Å². The monoisotopic (exact) mass is 582 g/mol. The molecule has 0 bridgehead atoms. The van der Waals surface area contributed by atoms with Crippen LogP contribution < -0.4 is 15.4 Å². The normalized spacial score (nSPS) is 16.3. The zero-order valence-corrected chi connectivity index (χ0v) is 21.6. The van der Waals surface area contributed by atoms with Gasteiger partial charge < -0.3 is 24.4 Å². The minimum absolute atomic E-state index is 0.254. The number of hydrogen-bond donors (Lipinski definition) is 2. The summed E-state index contributed by atoms with van der Waals surface area (Å²) in [6, 6.07) is 2.57. The van der Waals surface area contributed by atoms with Gasteiger partial charge in [0.25, 0.3) is 5.56 Å². The van der Waals surface area contributed by atoms with Crippen LogP contribution in [0.5, 0.6) is 5.88 Å². The number of nitrogens with zero attached hydrogens (tertiary/aromatic N) is 5. The van der Waals surface area contributed by atoms with E-state index in [0.29, 0.717) is 61.7 Å². The van der Waals surface area contributed by atoms with E-state index in [1.807, 2.05) is 9.80 Å². The van der Waals surface area contributed by atoms with Crippen molar-refractivity contribution in [2.45, 2.75) is 0 Å². The van der Waals surface area contributed by atoms with Crippen molar-refractivity contribution >= 4 is 74.0 Å². The molecule has 0 spiro atoms. The summed E-state index contributed by atoms with van der Waals surface area (Å²) in [6.07, 6.45) is 0. The molecule has 11 nitrogen and oxygen atoms in total. The molecule has 2 N–H and O–H groups in total. The first-order valence-corrected chi connectivity index (χ1v) is 14.5. The van der Waals surface area contributed by atoms with Crippen LogP contribution in [0.3, 0.4) is 0 Å². The van der Waals surface area contributed by atoms with Gasteiger partial charge in [0.15, 0.2) is 0 Å². The first kappa shape index (κ1) is 28.2. The Balaban J connectivity index is 0.000000195. The average molecular weight is 585 g/mol.